The first-order valence-electron chi connectivity index (χ1n) is 8.88. The molecule has 0 unspecified atom stereocenters. The molecular formula is C20H13BrClN7O. The van der Waals surface area contributed by atoms with E-state index in [2.05, 4.69) is 46.3 Å². The van der Waals surface area contributed by atoms with Crippen molar-refractivity contribution in [2.45, 2.75) is 6.92 Å². The smallest absolute Gasteiger partial charge is 0.160 e. The second-order valence-electron chi connectivity index (χ2n) is 6.48. The van der Waals surface area contributed by atoms with Crippen LogP contribution in [-0.4, -0.2) is 29.5 Å². The van der Waals surface area contributed by atoms with Crippen LogP contribution in [0.15, 0.2) is 59.7 Å². The molecule has 4 heterocycles. The van der Waals surface area contributed by atoms with Gasteiger partial charge in [-0.25, -0.2) is 24.5 Å². The third-order valence-corrected chi connectivity index (χ3v) is 5.56. The number of benzene rings is 1. The highest BCUT2D eigenvalue weighted by molar-refractivity contribution is 9.10. The summed E-state index contributed by atoms with van der Waals surface area (Å²) in [5.74, 6) is 1.99. The molecule has 0 spiro atoms. The minimum Gasteiger partial charge on any atom is -0.457 e. The molecule has 30 heavy (non-hydrogen) atoms. The number of aryl methyl sites for hydroxylation is 1. The summed E-state index contributed by atoms with van der Waals surface area (Å²) in [4.78, 5) is 17.1. The van der Waals surface area contributed by atoms with Gasteiger partial charge in [0.15, 0.2) is 11.5 Å². The largest absolute Gasteiger partial charge is 0.457 e. The zero-order valence-corrected chi connectivity index (χ0v) is 17.9. The van der Waals surface area contributed by atoms with Crippen LogP contribution < -0.4 is 10.1 Å². The van der Waals surface area contributed by atoms with E-state index < -0.39 is 0 Å². The van der Waals surface area contributed by atoms with Gasteiger partial charge in [-0.1, -0.05) is 11.6 Å². The van der Waals surface area contributed by atoms with E-state index in [9.17, 15) is 0 Å². The molecule has 5 rings (SSSR count). The van der Waals surface area contributed by atoms with Gasteiger partial charge in [0.25, 0.3) is 0 Å². The van der Waals surface area contributed by atoms with E-state index in [4.69, 9.17) is 16.3 Å². The van der Waals surface area contributed by atoms with Crippen LogP contribution >= 0.6 is 27.5 Å². The molecule has 0 saturated carbocycles. The van der Waals surface area contributed by atoms with Gasteiger partial charge >= 0.3 is 0 Å². The summed E-state index contributed by atoms with van der Waals surface area (Å²) in [6.45, 7) is 1.97. The van der Waals surface area contributed by atoms with Crippen molar-refractivity contribution in [3.63, 3.8) is 0 Å². The summed E-state index contributed by atoms with van der Waals surface area (Å²) in [5, 5.41) is 7.72. The maximum atomic E-state index is 6.15. The average Bonchev–Trinajstić information content (AvgIpc) is 3.19. The number of ether oxygens (including phenoxy) is 1. The minimum atomic E-state index is 0.352. The minimum absolute atomic E-state index is 0.352. The van der Waals surface area contributed by atoms with Crippen LogP contribution in [-0.2, 0) is 0 Å². The van der Waals surface area contributed by atoms with Gasteiger partial charge in [-0.3, -0.25) is 0 Å². The molecular weight excluding hydrogens is 470 g/mol. The Morgan fingerprint density at radius 1 is 1.07 bits per heavy atom. The Labute approximate surface area is 184 Å². The molecule has 0 radical (unpaired) electrons. The number of anilines is 2. The van der Waals surface area contributed by atoms with E-state index in [0.29, 0.717) is 32.2 Å². The number of nitrogens with zero attached hydrogens (tertiary/aromatic N) is 6. The van der Waals surface area contributed by atoms with Crippen molar-refractivity contribution < 1.29 is 4.74 Å². The van der Waals surface area contributed by atoms with E-state index in [0.717, 1.165) is 22.6 Å². The van der Waals surface area contributed by atoms with Crippen LogP contribution in [0.2, 0.25) is 5.15 Å². The Hall–Kier alpha value is -3.30. The van der Waals surface area contributed by atoms with Crippen LogP contribution in [0.4, 0.5) is 11.5 Å². The highest BCUT2D eigenvalue weighted by atomic mass is 79.9. The molecule has 1 N–H and O–H groups in total. The molecule has 0 atom stereocenters. The number of halogens is 2. The highest BCUT2D eigenvalue weighted by Gasteiger charge is 2.11. The van der Waals surface area contributed by atoms with Crippen molar-refractivity contribution in [1.82, 2.24) is 29.5 Å². The van der Waals surface area contributed by atoms with E-state index in [1.54, 1.807) is 10.7 Å². The Bertz CT molecular complexity index is 1410. The first-order chi connectivity index (χ1) is 14.6. The van der Waals surface area contributed by atoms with Gasteiger partial charge < -0.3 is 10.1 Å². The lowest BCUT2D eigenvalue weighted by molar-refractivity contribution is 0.478. The predicted octanol–water partition coefficient (Wildman–Crippen LogP) is 5.33. The first kappa shape index (κ1) is 18.7. The van der Waals surface area contributed by atoms with Gasteiger partial charge in [0.2, 0.25) is 0 Å². The van der Waals surface area contributed by atoms with Crippen molar-refractivity contribution in [2.24, 2.45) is 0 Å². The number of rotatable bonds is 4. The van der Waals surface area contributed by atoms with Crippen molar-refractivity contribution >= 4 is 55.7 Å². The third kappa shape index (κ3) is 3.53. The second-order valence-corrected chi connectivity index (χ2v) is 7.70. The summed E-state index contributed by atoms with van der Waals surface area (Å²) in [7, 11) is 0. The number of pyridine rings is 2. The molecule has 0 amide bonds. The van der Waals surface area contributed by atoms with Crippen LogP contribution in [0.1, 0.15) is 5.56 Å². The number of aromatic nitrogens is 6. The Morgan fingerprint density at radius 3 is 2.83 bits per heavy atom. The molecule has 0 bridgehead atoms. The molecule has 0 saturated heterocycles. The molecule has 10 heteroatoms. The summed E-state index contributed by atoms with van der Waals surface area (Å²) in [6, 6.07) is 11.3. The molecule has 0 aliphatic rings. The summed E-state index contributed by atoms with van der Waals surface area (Å²) in [5.41, 5.74) is 3.79. The maximum Gasteiger partial charge on any atom is 0.160 e. The molecule has 0 aliphatic heterocycles. The summed E-state index contributed by atoms with van der Waals surface area (Å²) >= 11 is 9.51. The van der Waals surface area contributed by atoms with E-state index in [1.807, 2.05) is 43.3 Å². The normalized spacial score (nSPS) is 11.2. The monoisotopic (exact) mass is 481 g/mol. The molecule has 4 aromatic heterocycles. The van der Waals surface area contributed by atoms with E-state index >= 15 is 0 Å². The van der Waals surface area contributed by atoms with Gasteiger partial charge in [0, 0.05) is 18.0 Å². The van der Waals surface area contributed by atoms with Crippen molar-refractivity contribution in [3.05, 3.63) is 70.4 Å². The van der Waals surface area contributed by atoms with Crippen LogP contribution in [0.5, 0.6) is 11.5 Å². The van der Waals surface area contributed by atoms with E-state index in [1.165, 1.54) is 12.7 Å². The van der Waals surface area contributed by atoms with Gasteiger partial charge in [-0.2, -0.15) is 5.10 Å². The predicted molar refractivity (Wildman–Crippen MR) is 118 cm³/mol. The molecule has 0 aliphatic carbocycles. The van der Waals surface area contributed by atoms with Crippen LogP contribution in [0.25, 0.3) is 16.7 Å². The molecule has 5 aromatic rings. The zero-order valence-electron chi connectivity index (χ0n) is 15.5. The van der Waals surface area contributed by atoms with Gasteiger partial charge in [-0.05, 0) is 58.7 Å². The molecule has 148 valence electrons. The average molecular weight is 483 g/mol. The molecule has 1 aromatic carbocycles. The zero-order chi connectivity index (χ0) is 20.7. The number of nitrogens with one attached hydrogen (secondary N) is 1. The second kappa shape index (κ2) is 7.51. The van der Waals surface area contributed by atoms with Crippen LogP contribution in [0.3, 0.4) is 0 Å². The fraction of sp³-hybridized carbons (Fsp3) is 0.0500. The SMILES string of the molecule is Cc1cc(Nc2ncnc3cc(Br)c(Cl)nc23)ccc1Oc1ccn2ncnc2c1. The maximum absolute atomic E-state index is 6.15. The van der Waals surface area contributed by atoms with Crippen molar-refractivity contribution in [1.29, 1.82) is 0 Å². The first-order valence-corrected chi connectivity index (χ1v) is 10.1. The highest BCUT2D eigenvalue weighted by Crippen LogP contribution is 2.31. The number of fused-ring (bicyclic) bond motifs is 2. The van der Waals surface area contributed by atoms with Gasteiger partial charge in [0.05, 0.1) is 9.99 Å². The van der Waals surface area contributed by atoms with Gasteiger partial charge in [-0.15, -0.1) is 0 Å². The standard InChI is InChI=1S/C20H13BrClN7O/c1-11-6-12(27-20-18-15(23-9-25-20)8-14(21)19(22)28-18)2-3-16(11)30-13-4-5-29-17(7-13)24-10-26-29/h2-10H,1H3,(H,23,25,27). The topological polar surface area (TPSA) is 90.1 Å². The summed E-state index contributed by atoms with van der Waals surface area (Å²) < 4.78 is 8.38. The summed E-state index contributed by atoms with van der Waals surface area (Å²) in [6.07, 6.45) is 4.79. The number of hydrogen-bond acceptors (Lipinski definition) is 7. The fourth-order valence-electron chi connectivity index (χ4n) is 3.00. The molecule has 0 fully saturated rings. The third-order valence-electron chi connectivity index (χ3n) is 4.44. The Kier molecular flexibility index (Phi) is 4.68. The van der Waals surface area contributed by atoms with Crippen molar-refractivity contribution in [3.8, 4) is 11.5 Å². The van der Waals surface area contributed by atoms with Crippen molar-refractivity contribution in [2.75, 3.05) is 5.32 Å². The lowest BCUT2D eigenvalue weighted by atomic mass is 10.2. The Morgan fingerprint density at radius 2 is 1.97 bits per heavy atom. The number of hydrogen-bond donors (Lipinski definition) is 1. The quantitative estimate of drug-likeness (QED) is 0.346. The lowest BCUT2D eigenvalue weighted by Gasteiger charge is -2.12. The lowest BCUT2D eigenvalue weighted by Crippen LogP contribution is -1.99. The Balaban J connectivity index is 1.42. The van der Waals surface area contributed by atoms with Gasteiger partial charge in [0.1, 0.15) is 34.8 Å². The van der Waals surface area contributed by atoms with E-state index in [-0.39, 0.29) is 0 Å². The molecule has 8 nitrogen and oxygen atoms in total. The fourth-order valence-corrected chi connectivity index (χ4v) is 3.44. The van der Waals surface area contributed by atoms with Crippen LogP contribution in [0, 0.1) is 6.92 Å².